The molecule has 1 aromatic rings. The molecule has 5 heteroatoms. The molecule has 0 saturated heterocycles. The molecule has 0 fully saturated rings. The molecule has 2 N–H and O–H groups in total. The van der Waals surface area contributed by atoms with E-state index in [0.29, 0.717) is 10.6 Å². The van der Waals surface area contributed by atoms with Gasteiger partial charge in [0.1, 0.15) is 0 Å². The number of rotatable bonds is 2. The Balaban J connectivity index is 2.85. The van der Waals surface area contributed by atoms with Gasteiger partial charge in [-0.25, -0.2) is 13.6 Å². The number of primary sulfonamides is 1. The van der Waals surface area contributed by atoms with E-state index in [1.54, 1.807) is 24.3 Å². The van der Waals surface area contributed by atoms with Gasteiger partial charge in [0.15, 0.2) is 0 Å². The van der Waals surface area contributed by atoms with Crippen LogP contribution in [-0.2, 0) is 15.8 Å². The minimum absolute atomic E-state index is 0.149. The highest BCUT2D eigenvalue weighted by atomic mass is 35.5. The Morgan fingerprint density at radius 1 is 1.25 bits per heavy atom. The quantitative estimate of drug-likeness (QED) is 0.787. The first-order valence-electron chi connectivity index (χ1n) is 3.22. The van der Waals surface area contributed by atoms with Gasteiger partial charge in [0.2, 0.25) is 10.0 Å². The predicted octanol–water partition coefficient (Wildman–Crippen LogP) is 1.13. The van der Waals surface area contributed by atoms with E-state index in [9.17, 15) is 8.42 Å². The normalized spacial score (nSPS) is 11.5. The van der Waals surface area contributed by atoms with E-state index in [4.69, 9.17) is 16.7 Å². The smallest absolute Gasteiger partial charge is 0.213 e. The fourth-order valence-corrected chi connectivity index (χ4v) is 1.60. The zero-order valence-corrected chi connectivity index (χ0v) is 7.77. The van der Waals surface area contributed by atoms with Crippen molar-refractivity contribution >= 4 is 21.6 Å². The van der Waals surface area contributed by atoms with Gasteiger partial charge >= 0.3 is 0 Å². The molecule has 0 heterocycles. The second-order valence-electron chi connectivity index (χ2n) is 2.43. The Morgan fingerprint density at radius 3 is 2.17 bits per heavy atom. The predicted molar refractivity (Wildman–Crippen MR) is 48.3 cm³/mol. The summed E-state index contributed by atoms with van der Waals surface area (Å²) in [6.07, 6.45) is 0. The third-order valence-electron chi connectivity index (χ3n) is 1.28. The van der Waals surface area contributed by atoms with Crippen LogP contribution in [-0.4, -0.2) is 8.42 Å². The van der Waals surface area contributed by atoms with Gasteiger partial charge in [-0.05, 0) is 17.7 Å². The van der Waals surface area contributed by atoms with Crippen LogP contribution in [0.5, 0.6) is 0 Å². The maximum Gasteiger partial charge on any atom is 0.213 e. The largest absolute Gasteiger partial charge is 0.228 e. The second-order valence-corrected chi connectivity index (χ2v) is 4.48. The number of hydrogen-bond donors (Lipinski definition) is 1. The lowest BCUT2D eigenvalue weighted by Gasteiger charge is -1.97. The molecule has 1 rings (SSSR count). The van der Waals surface area contributed by atoms with Crippen LogP contribution in [0.1, 0.15) is 5.56 Å². The van der Waals surface area contributed by atoms with Crippen LogP contribution in [0.15, 0.2) is 24.3 Å². The van der Waals surface area contributed by atoms with Crippen molar-refractivity contribution in [1.29, 1.82) is 0 Å². The van der Waals surface area contributed by atoms with Crippen molar-refractivity contribution in [2.75, 3.05) is 0 Å². The maximum atomic E-state index is 10.6. The van der Waals surface area contributed by atoms with Gasteiger partial charge in [0.25, 0.3) is 0 Å². The fourth-order valence-electron chi connectivity index (χ4n) is 0.813. The zero-order valence-electron chi connectivity index (χ0n) is 6.20. The molecular formula is C7H8ClNO2S. The van der Waals surface area contributed by atoms with Crippen molar-refractivity contribution in [3.8, 4) is 0 Å². The first kappa shape index (κ1) is 9.51. The Labute approximate surface area is 76.2 Å². The zero-order chi connectivity index (χ0) is 9.19. The molecule has 0 radical (unpaired) electrons. The molecule has 0 amide bonds. The highest BCUT2D eigenvalue weighted by Crippen LogP contribution is 2.10. The lowest BCUT2D eigenvalue weighted by molar-refractivity contribution is 0.597. The van der Waals surface area contributed by atoms with Crippen LogP contribution < -0.4 is 5.14 Å². The van der Waals surface area contributed by atoms with Crippen LogP contribution in [0.4, 0.5) is 0 Å². The van der Waals surface area contributed by atoms with E-state index in [1.807, 2.05) is 0 Å². The van der Waals surface area contributed by atoms with Crippen molar-refractivity contribution < 1.29 is 8.42 Å². The lowest BCUT2D eigenvalue weighted by atomic mass is 10.2. The number of hydrogen-bond acceptors (Lipinski definition) is 2. The van der Waals surface area contributed by atoms with Crippen molar-refractivity contribution in [3.63, 3.8) is 0 Å². The minimum Gasteiger partial charge on any atom is -0.228 e. The van der Waals surface area contributed by atoms with E-state index in [0.717, 1.165) is 0 Å². The molecule has 1 aromatic carbocycles. The molecule has 0 bridgehead atoms. The molecule has 0 aliphatic heterocycles. The molecule has 66 valence electrons. The molecule has 0 spiro atoms. The van der Waals surface area contributed by atoms with E-state index in [-0.39, 0.29) is 5.75 Å². The summed E-state index contributed by atoms with van der Waals surface area (Å²) in [6, 6.07) is 6.52. The van der Waals surface area contributed by atoms with E-state index in [1.165, 1.54) is 0 Å². The Bertz CT molecular complexity index is 357. The Morgan fingerprint density at radius 2 is 1.75 bits per heavy atom. The SMILES string of the molecule is NS(=O)(=O)Cc1ccc(Cl)cc1. The highest BCUT2D eigenvalue weighted by Gasteiger charge is 2.03. The van der Waals surface area contributed by atoms with Crippen LogP contribution in [0, 0.1) is 0 Å². The molecule has 12 heavy (non-hydrogen) atoms. The van der Waals surface area contributed by atoms with Gasteiger partial charge in [0, 0.05) is 5.02 Å². The Kier molecular flexibility index (Phi) is 2.72. The molecule has 3 nitrogen and oxygen atoms in total. The molecule has 0 saturated carbocycles. The molecular weight excluding hydrogens is 198 g/mol. The summed E-state index contributed by atoms with van der Waals surface area (Å²) in [5.74, 6) is -0.149. The molecule has 0 atom stereocenters. The summed E-state index contributed by atoms with van der Waals surface area (Å²) in [5, 5.41) is 5.42. The van der Waals surface area contributed by atoms with Gasteiger partial charge in [-0.1, -0.05) is 23.7 Å². The van der Waals surface area contributed by atoms with E-state index in [2.05, 4.69) is 0 Å². The molecule has 0 aliphatic rings. The summed E-state index contributed by atoms with van der Waals surface area (Å²) < 4.78 is 21.3. The Hall–Kier alpha value is -0.580. The second kappa shape index (κ2) is 3.43. The highest BCUT2D eigenvalue weighted by molar-refractivity contribution is 7.88. The summed E-state index contributed by atoms with van der Waals surface area (Å²) in [5.41, 5.74) is 0.641. The number of halogens is 1. The first-order chi connectivity index (χ1) is 5.47. The average Bonchev–Trinajstić information content (AvgIpc) is 1.91. The monoisotopic (exact) mass is 205 g/mol. The summed E-state index contributed by atoms with van der Waals surface area (Å²) in [7, 11) is -3.43. The van der Waals surface area contributed by atoms with Crippen LogP contribution in [0.25, 0.3) is 0 Å². The van der Waals surface area contributed by atoms with Crippen LogP contribution in [0.3, 0.4) is 0 Å². The summed E-state index contributed by atoms with van der Waals surface area (Å²) >= 11 is 5.60. The average molecular weight is 206 g/mol. The van der Waals surface area contributed by atoms with E-state index < -0.39 is 10.0 Å². The van der Waals surface area contributed by atoms with Gasteiger partial charge < -0.3 is 0 Å². The van der Waals surface area contributed by atoms with Crippen molar-refractivity contribution in [3.05, 3.63) is 34.9 Å². The molecule has 0 aromatic heterocycles. The summed E-state index contributed by atoms with van der Waals surface area (Å²) in [6.45, 7) is 0. The van der Waals surface area contributed by atoms with Gasteiger partial charge in [-0.2, -0.15) is 0 Å². The third-order valence-corrected chi connectivity index (χ3v) is 2.27. The van der Waals surface area contributed by atoms with Gasteiger partial charge in [-0.15, -0.1) is 0 Å². The third kappa shape index (κ3) is 3.21. The van der Waals surface area contributed by atoms with Crippen LogP contribution in [0.2, 0.25) is 5.02 Å². The topological polar surface area (TPSA) is 60.2 Å². The fraction of sp³-hybridized carbons (Fsp3) is 0.143. The number of sulfonamides is 1. The minimum atomic E-state index is -3.43. The molecule has 0 aliphatic carbocycles. The van der Waals surface area contributed by atoms with E-state index >= 15 is 0 Å². The number of benzene rings is 1. The standard InChI is InChI=1S/C7H8ClNO2S/c8-7-3-1-6(2-4-7)5-12(9,10)11/h1-4H,5H2,(H2,9,10,11). The van der Waals surface area contributed by atoms with Crippen molar-refractivity contribution in [2.24, 2.45) is 5.14 Å². The molecule has 0 unspecified atom stereocenters. The first-order valence-corrected chi connectivity index (χ1v) is 5.31. The van der Waals surface area contributed by atoms with Crippen LogP contribution >= 0.6 is 11.6 Å². The van der Waals surface area contributed by atoms with Gasteiger partial charge in [-0.3, -0.25) is 0 Å². The maximum absolute atomic E-state index is 10.6. The lowest BCUT2D eigenvalue weighted by Crippen LogP contribution is -2.14. The van der Waals surface area contributed by atoms with Gasteiger partial charge in [0.05, 0.1) is 5.75 Å². The van der Waals surface area contributed by atoms with Crippen molar-refractivity contribution in [2.45, 2.75) is 5.75 Å². The van der Waals surface area contributed by atoms with Crippen molar-refractivity contribution in [1.82, 2.24) is 0 Å². The summed E-state index contributed by atoms with van der Waals surface area (Å²) in [4.78, 5) is 0. The number of nitrogens with two attached hydrogens (primary N) is 1.